The lowest BCUT2D eigenvalue weighted by Crippen LogP contribution is -2.30. The van der Waals surface area contributed by atoms with Crippen LogP contribution in [0, 0.1) is 5.41 Å². The van der Waals surface area contributed by atoms with Crippen molar-refractivity contribution >= 4 is 0 Å². The molecule has 0 bridgehead atoms. The van der Waals surface area contributed by atoms with Crippen LogP contribution in [-0.4, -0.2) is 47.9 Å². The van der Waals surface area contributed by atoms with Crippen molar-refractivity contribution < 1.29 is 20.4 Å². The van der Waals surface area contributed by atoms with Gasteiger partial charge in [0.25, 0.3) is 0 Å². The van der Waals surface area contributed by atoms with Crippen LogP contribution in [0.25, 0.3) is 0 Å². The second-order valence-electron chi connectivity index (χ2n) is 5.15. The topological polar surface area (TPSA) is 80.9 Å². The Hall–Kier alpha value is -0.420. The molecule has 0 aromatic rings. The maximum Gasteiger partial charge on any atom is 0.0512 e. The summed E-state index contributed by atoms with van der Waals surface area (Å²) in [5.41, 5.74) is -0.214. The molecule has 20 heavy (non-hydrogen) atoms. The summed E-state index contributed by atoms with van der Waals surface area (Å²) in [6.45, 7) is 0.210. The summed E-state index contributed by atoms with van der Waals surface area (Å²) in [5, 5.41) is 31.9. The average molecular weight is 290 g/mol. The number of rotatable bonds is 2. The second kappa shape index (κ2) is 16.6. The van der Waals surface area contributed by atoms with E-state index in [0.29, 0.717) is 0 Å². The zero-order valence-electron chi connectivity index (χ0n) is 13.2. The molecular weight excluding hydrogens is 256 g/mol. The average Bonchev–Trinajstić information content (AvgIpc) is 2.61. The molecule has 0 heterocycles. The normalized spacial score (nSPS) is 19.3. The summed E-state index contributed by atoms with van der Waals surface area (Å²) >= 11 is 0. The first-order valence-electron chi connectivity index (χ1n) is 7.59. The number of aliphatic hydroxyl groups is 4. The molecule has 0 atom stereocenters. The lowest BCUT2D eigenvalue weighted by atomic mass is 9.79. The minimum atomic E-state index is -0.214. The third-order valence-electron chi connectivity index (χ3n) is 3.73. The van der Waals surface area contributed by atoms with Gasteiger partial charge in [0.1, 0.15) is 0 Å². The Morgan fingerprint density at radius 3 is 1.35 bits per heavy atom. The van der Waals surface area contributed by atoms with E-state index in [-0.39, 0.29) is 18.6 Å². The van der Waals surface area contributed by atoms with E-state index in [1.165, 1.54) is 38.5 Å². The van der Waals surface area contributed by atoms with E-state index < -0.39 is 0 Å². The molecule has 4 nitrogen and oxygen atoms in total. The molecule has 122 valence electrons. The zero-order chi connectivity index (χ0) is 15.7. The van der Waals surface area contributed by atoms with Gasteiger partial charge in [-0.2, -0.15) is 0 Å². The van der Waals surface area contributed by atoms with Crippen molar-refractivity contribution in [2.75, 3.05) is 27.4 Å². The van der Waals surface area contributed by atoms with Crippen LogP contribution in [0.15, 0.2) is 12.2 Å². The summed E-state index contributed by atoms with van der Waals surface area (Å²) in [6, 6.07) is 0. The molecule has 4 N–H and O–H groups in total. The zero-order valence-corrected chi connectivity index (χ0v) is 13.2. The van der Waals surface area contributed by atoms with E-state index in [4.69, 9.17) is 20.4 Å². The second-order valence-corrected chi connectivity index (χ2v) is 5.15. The highest BCUT2D eigenvalue weighted by molar-refractivity contribution is 4.97. The standard InChI is InChI=1S/C8H14O2.C6H12.2CH4O/c9-6-8(7-10)4-2-1-3-5-8;1-2-4-6-5-3-1;2*1-2/h1-2,9-10H,3-7H2;1-6H2;2*2H,1H3. The summed E-state index contributed by atoms with van der Waals surface area (Å²) in [6.07, 6.45) is 15.9. The Labute approximate surface area is 124 Å². The first kappa shape index (κ1) is 21.9. The van der Waals surface area contributed by atoms with Crippen molar-refractivity contribution in [2.24, 2.45) is 5.41 Å². The molecule has 0 saturated heterocycles. The van der Waals surface area contributed by atoms with Gasteiger partial charge in [0.15, 0.2) is 0 Å². The van der Waals surface area contributed by atoms with Gasteiger partial charge < -0.3 is 20.4 Å². The molecule has 1 saturated carbocycles. The fourth-order valence-corrected chi connectivity index (χ4v) is 2.34. The van der Waals surface area contributed by atoms with E-state index in [0.717, 1.165) is 33.5 Å². The van der Waals surface area contributed by atoms with Crippen LogP contribution in [-0.2, 0) is 0 Å². The van der Waals surface area contributed by atoms with E-state index >= 15 is 0 Å². The first-order chi connectivity index (χ1) is 9.83. The molecule has 0 aromatic heterocycles. The van der Waals surface area contributed by atoms with Crippen LogP contribution in [0.4, 0.5) is 0 Å². The molecule has 2 rings (SSSR count). The molecule has 1 fully saturated rings. The summed E-state index contributed by atoms with van der Waals surface area (Å²) in [4.78, 5) is 0. The highest BCUT2D eigenvalue weighted by atomic mass is 16.3. The van der Waals surface area contributed by atoms with Gasteiger partial charge in [-0.1, -0.05) is 50.7 Å². The van der Waals surface area contributed by atoms with Gasteiger partial charge in [0, 0.05) is 19.6 Å². The molecule has 2 aliphatic rings. The van der Waals surface area contributed by atoms with Crippen molar-refractivity contribution in [2.45, 2.75) is 57.8 Å². The number of hydrogen-bond donors (Lipinski definition) is 4. The Bertz CT molecular complexity index is 185. The van der Waals surface area contributed by atoms with E-state index in [1.54, 1.807) is 0 Å². The van der Waals surface area contributed by atoms with Gasteiger partial charge in [-0.15, -0.1) is 0 Å². The van der Waals surface area contributed by atoms with Crippen LogP contribution in [0.1, 0.15) is 57.8 Å². The van der Waals surface area contributed by atoms with Crippen LogP contribution in [0.3, 0.4) is 0 Å². The summed E-state index contributed by atoms with van der Waals surface area (Å²) < 4.78 is 0. The van der Waals surface area contributed by atoms with Gasteiger partial charge in [0.05, 0.1) is 13.2 Å². The largest absolute Gasteiger partial charge is 0.400 e. The molecule has 0 unspecified atom stereocenters. The lowest BCUT2D eigenvalue weighted by Gasteiger charge is -2.30. The number of aliphatic hydroxyl groups excluding tert-OH is 4. The van der Waals surface area contributed by atoms with E-state index in [2.05, 4.69) is 6.08 Å². The van der Waals surface area contributed by atoms with E-state index in [1.807, 2.05) is 6.08 Å². The maximum absolute atomic E-state index is 8.95. The Morgan fingerprint density at radius 2 is 1.15 bits per heavy atom. The Balaban J connectivity index is 0. The van der Waals surface area contributed by atoms with Crippen LogP contribution < -0.4 is 0 Å². The van der Waals surface area contributed by atoms with Gasteiger partial charge in [0.2, 0.25) is 0 Å². The first-order valence-corrected chi connectivity index (χ1v) is 7.59. The maximum atomic E-state index is 8.95. The molecule has 0 aromatic carbocycles. The highest BCUT2D eigenvalue weighted by Gasteiger charge is 2.28. The third kappa shape index (κ3) is 10.4. The van der Waals surface area contributed by atoms with Gasteiger partial charge in [-0.25, -0.2) is 0 Å². The summed E-state index contributed by atoms with van der Waals surface area (Å²) in [7, 11) is 2.00. The molecular formula is C16H34O4. The fraction of sp³-hybridized carbons (Fsp3) is 0.875. The van der Waals surface area contributed by atoms with Gasteiger partial charge in [-0.05, 0) is 19.3 Å². The van der Waals surface area contributed by atoms with E-state index in [9.17, 15) is 0 Å². The Kier molecular flexibility index (Phi) is 18.2. The minimum absolute atomic E-state index is 0.105. The molecule has 0 aliphatic heterocycles. The predicted molar refractivity (Wildman–Crippen MR) is 83.6 cm³/mol. The van der Waals surface area contributed by atoms with Crippen molar-refractivity contribution in [3.8, 4) is 0 Å². The van der Waals surface area contributed by atoms with Crippen molar-refractivity contribution in [3.05, 3.63) is 12.2 Å². The summed E-state index contributed by atoms with van der Waals surface area (Å²) in [5.74, 6) is 0. The van der Waals surface area contributed by atoms with Crippen molar-refractivity contribution in [3.63, 3.8) is 0 Å². The number of allylic oxidation sites excluding steroid dienone is 2. The van der Waals surface area contributed by atoms with Gasteiger partial charge in [-0.3, -0.25) is 0 Å². The lowest BCUT2D eigenvalue weighted by molar-refractivity contribution is 0.0471. The SMILES string of the molecule is C1CCCCC1.CO.CO.OCC1(CO)CC=CCC1. The van der Waals surface area contributed by atoms with Crippen molar-refractivity contribution in [1.82, 2.24) is 0 Å². The van der Waals surface area contributed by atoms with Crippen molar-refractivity contribution in [1.29, 1.82) is 0 Å². The monoisotopic (exact) mass is 290 g/mol. The quantitative estimate of drug-likeness (QED) is 0.588. The molecule has 0 amide bonds. The highest BCUT2D eigenvalue weighted by Crippen LogP contribution is 2.31. The minimum Gasteiger partial charge on any atom is -0.400 e. The smallest absolute Gasteiger partial charge is 0.0512 e. The molecule has 0 radical (unpaired) electrons. The fourth-order valence-electron chi connectivity index (χ4n) is 2.34. The third-order valence-corrected chi connectivity index (χ3v) is 3.73. The molecule has 0 spiro atoms. The molecule has 2 aliphatic carbocycles. The Morgan fingerprint density at radius 1 is 0.750 bits per heavy atom. The predicted octanol–water partition coefficient (Wildman–Crippen LogP) is 2.26. The van der Waals surface area contributed by atoms with Crippen LogP contribution in [0.5, 0.6) is 0 Å². The van der Waals surface area contributed by atoms with Crippen LogP contribution >= 0.6 is 0 Å². The van der Waals surface area contributed by atoms with Gasteiger partial charge >= 0.3 is 0 Å². The number of hydrogen-bond acceptors (Lipinski definition) is 4. The van der Waals surface area contributed by atoms with Crippen LogP contribution in [0.2, 0.25) is 0 Å². The molecule has 4 heteroatoms.